The first-order valence-corrected chi connectivity index (χ1v) is 25.2. The van der Waals surface area contributed by atoms with Gasteiger partial charge < -0.3 is 9.47 Å². The SMILES string of the molecule is CCCCCC1CCC(CCCCc2ccc(C(=O)O[C@H](c3ccccc3)[C@H](OC(=O)c3ccc(CCCCC4CCC(CCCCC)CC4)cc3)c3ccccc3)cc2)CC1. The van der Waals surface area contributed by atoms with Crippen LogP contribution in [0.25, 0.3) is 0 Å². The number of unbranched alkanes of at least 4 members (excludes halogenated alkanes) is 6. The van der Waals surface area contributed by atoms with Gasteiger partial charge in [0.2, 0.25) is 0 Å². The van der Waals surface area contributed by atoms with Gasteiger partial charge >= 0.3 is 11.9 Å². The quantitative estimate of drug-likeness (QED) is 0.0493. The molecule has 2 saturated carbocycles. The lowest BCUT2D eigenvalue weighted by atomic mass is 9.78. The van der Waals surface area contributed by atoms with Crippen LogP contribution in [-0.4, -0.2) is 11.9 Å². The Bertz CT molecular complexity index is 1680. The van der Waals surface area contributed by atoms with Gasteiger partial charge in [0.05, 0.1) is 11.1 Å². The van der Waals surface area contributed by atoms with Crippen molar-refractivity contribution in [1.82, 2.24) is 0 Å². The topological polar surface area (TPSA) is 52.6 Å². The summed E-state index contributed by atoms with van der Waals surface area (Å²) in [6.07, 6.45) is 30.3. The van der Waals surface area contributed by atoms with Crippen LogP contribution in [0.15, 0.2) is 109 Å². The second-order valence-electron chi connectivity index (χ2n) is 19.1. The number of benzene rings is 4. The van der Waals surface area contributed by atoms with Crippen LogP contribution in [0.5, 0.6) is 0 Å². The largest absolute Gasteiger partial charge is 0.450 e. The fraction of sp³-hybridized carbons (Fsp3) is 0.552. The van der Waals surface area contributed by atoms with Crippen molar-refractivity contribution < 1.29 is 19.1 Å². The third kappa shape index (κ3) is 15.6. The van der Waals surface area contributed by atoms with Gasteiger partial charge in [-0.05, 0) is 95.9 Å². The van der Waals surface area contributed by atoms with E-state index in [0.717, 1.165) is 47.6 Å². The summed E-state index contributed by atoms with van der Waals surface area (Å²) in [5.41, 5.74) is 4.99. The molecule has 62 heavy (non-hydrogen) atoms. The number of carbonyl (C=O) groups excluding carboxylic acids is 2. The second-order valence-corrected chi connectivity index (χ2v) is 19.1. The molecule has 0 spiro atoms. The highest BCUT2D eigenvalue weighted by atomic mass is 16.6. The summed E-state index contributed by atoms with van der Waals surface area (Å²) in [6, 6.07) is 35.1. The Morgan fingerprint density at radius 2 is 0.726 bits per heavy atom. The molecule has 4 aromatic carbocycles. The van der Waals surface area contributed by atoms with E-state index in [0.29, 0.717) is 11.1 Å². The Labute approximate surface area is 376 Å². The maximum atomic E-state index is 13.9. The first-order valence-electron chi connectivity index (χ1n) is 25.2. The summed E-state index contributed by atoms with van der Waals surface area (Å²) in [4.78, 5) is 27.8. The van der Waals surface area contributed by atoms with Gasteiger partial charge in [-0.15, -0.1) is 0 Å². The highest BCUT2D eigenvalue weighted by Gasteiger charge is 2.33. The molecule has 0 N–H and O–H groups in total. The average Bonchev–Trinajstić information content (AvgIpc) is 3.32. The van der Waals surface area contributed by atoms with Crippen molar-refractivity contribution in [1.29, 1.82) is 0 Å². The lowest BCUT2D eigenvalue weighted by Crippen LogP contribution is -2.23. The Morgan fingerprint density at radius 1 is 0.419 bits per heavy atom. The normalized spacial score (nSPS) is 20.0. The van der Waals surface area contributed by atoms with E-state index in [1.807, 2.05) is 84.9 Å². The number of hydrogen-bond acceptors (Lipinski definition) is 4. The van der Waals surface area contributed by atoms with Gasteiger partial charge in [0.1, 0.15) is 0 Å². The van der Waals surface area contributed by atoms with Crippen LogP contribution in [-0.2, 0) is 22.3 Å². The molecule has 0 amide bonds. The molecule has 2 aliphatic rings. The van der Waals surface area contributed by atoms with Crippen molar-refractivity contribution >= 4 is 11.9 Å². The van der Waals surface area contributed by atoms with E-state index in [9.17, 15) is 9.59 Å². The van der Waals surface area contributed by atoms with Crippen LogP contribution < -0.4 is 0 Å². The summed E-state index contributed by atoms with van der Waals surface area (Å²) in [7, 11) is 0. The van der Waals surface area contributed by atoms with E-state index < -0.39 is 24.1 Å². The van der Waals surface area contributed by atoms with Crippen LogP contribution in [0.4, 0.5) is 0 Å². The monoisotopic (exact) mass is 839 g/mol. The summed E-state index contributed by atoms with van der Waals surface area (Å²) in [6.45, 7) is 4.59. The van der Waals surface area contributed by atoms with Gasteiger partial charge in [-0.2, -0.15) is 0 Å². The number of rotatable bonds is 25. The predicted octanol–water partition coefficient (Wildman–Crippen LogP) is 16.4. The second kappa shape index (κ2) is 26.4. The van der Waals surface area contributed by atoms with Crippen LogP contribution in [0.3, 0.4) is 0 Å². The Morgan fingerprint density at radius 3 is 1.03 bits per heavy atom. The highest BCUT2D eigenvalue weighted by Crippen LogP contribution is 2.38. The number of hydrogen-bond donors (Lipinski definition) is 0. The maximum Gasteiger partial charge on any atom is 0.338 e. The molecule has 0 heterocycles. The molecule has 0 saturated heterocycles. The Hall–Kier alpha value is -4.18. The predicted molar refractivity (Wildman–Crippen MR) is 256 cm³/mol. The molecule has 0 aromatic heterocycles. The van der Waals surface area contributed by atoms with E-state index in [1.165, 1.54) is 152 Å². The minimum absolute atomic E-state index is 0.438. The highest BCUT2D eigenvalue weighted by molar-refractivity contribution is 5.90. The van der Waals surface area contributed by atoms with E-state index in [4.69, 9.17) is 9.47 Å². The van der Waals surface area contributed by atoms with Gasteiger partial charge in [0, 0.05) is 0 Å². The van der Waals surface area contributed by atoms with Gasteiger partial charge in [0.15, 0.2) is 12.2 Å². The lowest BCUT2D eigenvalue weighted by molar-refractivity contribution is -0.0388. The fourth-order valence-electron chi connectivity index (χ4n) is 10.4. The zero-order chi connectivity index (χ0) is 43.2. The van der Waals surface area contributed by atoms with E-state index >= 15 is 0 Å². The Kier molecular flexibility index (Phi) is 20.2. The van der Waals surface area contributed by atoms with Crippen molar-refractivity contribution in [2.45, 2.75) is 180 Å². The molecule has 2 atom stereocenters. The van der Waals surface area contributed by atoms with E-state index in [1.54, 1.807) is 0 Å². The smallest absolute Gasteiger partial charge is 0.338 e. The molecule has 0 radical (unpaired) electrons. The molecule has 4 nitrogen and oxygen atoms in total. The number of aryl methyl sites for hydroxylation is 2. The molecular weight excluding hydrogens is 761 g/mol. The molecule has 6 rings (SSSR count). The number of esters is 2. The van der Waals surface area contributed by atoms with Crippen LogP contribution in [0.1, 0.15) is 210 Å². The first kappa shape index (κ1) is 47.3. The minimum Gasteiger partial charge on any atom is -0.450 e. The zero-order valence-electron chi connectivity index (χ0n) is 38.5. The van der Waals surface area contributed by atoms with Gasteiger partial charge in [-0.1, -0.05) is 227 Å². The summed E-state index contributed by atoms with van der Waals surface area (Å²) in [5.74, 6) is 2.86. The van der Waals surface area contributed by atoms with Crippen molar-refractivity contribution in [3.05, 3.63) is 143 Å². The summed E-state index contributed by atoms with van der Waals surface area (Å²) in [5, 5.41) is 0. The molecule has 0 unspecified atom stereocenters. The Balaban J connectivity index is 1.00. The lowest BCUT2D eigenvalue weighted by Gasteiger charge is -2.28. The van der Waals surface area contributed by atoms with Crippen molar-refractivity contribution in [3.63, 3.8) is 0 Å². The molecule has 4 aromatic rings. The summed E-state index contributed by atoms with van der Waals surface area (Å²) >= 11 is 0. The van der Waals surface area contributed by atoms with Gasteiger partial charge in [-0.25, -0.2) is 9.59 Å². The third-order valence-electron chi connectivity index (χ3n) is 14.4. The third-order valence-corrected chi connectivity index (χ3v) is 14.4. The molecule has 334 valence electrons. The fourth-order valence-corrected chi connectivity index (χ4v) is 10.4. The maximum absolute atomic E-state index is 13.9. The zero-order valence-corrected chi connectivity index (χ0v) is 38.5. The summed E-state index contributed by atoms with van der Waals surface area (Å²) < 4.78 is 12.7. The average molecular weight is 839 g/mol. The standard InChI is InChI=1S/C58H78O4/c1-3-5-9-19-45-29-33-47(34-30-45)21-15-17-23-49-37-41-53(42-38-49)57(59)61-55(51-25-11-7-12-26-51)56(52-27-13-8-14-28-52)62-58(60)54-43-39-50(40-44-54)24-18-16-22-48-35-31-46(32-36-48)20-10-6-4-2/h7-8,11-14,25-28,37-48,55-56H,3-6,9-10,15-24,29-36H2,1-2H3/t45?,46?,47?,48?,55-,56-/m1/s1. The molecule has 2 aliphatic carbocycles. The minimum atomic E-state index is -0.850. The van der Waals surface area contributed by atoms with E-state index in [2.05, 4.69) is 38.1 Å². The van der Waals surface area contributed by atoms with Crippen molar-refractivity contribution in [2.75, 3.05) is 0 Å². The molecule has 0 bridgehead atoms. The molecule has 0 aliphatic heterocycles. The van der Waals surface area contributed by atoms with Crippen LogP contribution in [0, 0.1) is 23.7 Å². The molecule has 4 heteroatoms. The molecular formula is C58H78O4. The first-order chi connectivity index (χ1) is 30.5. The number of carbonyl (C=O) groups is 2. The van der Waals surface area contributed by atoms with Gasteiger partial charge in [0.25, 0.3) is 0 Å². The van der Waals surface area contributed by atoms with Crippen LogP contribution >= 0.6 is 0 Å². The van der Waals surface area contributed by atoms with Gasteiger partial charge in [-0.3, -0.25) is 0 Å². The van der Waals surface area contributed by atoms with Crippen molar-refractivity contribution in [3.8, 4) is 0 Å². The molecule has 2 fully saturated rings. The van der Waals surface area contributed by atoms with Crippen LogP contribution in [0.2, 0.25) is 0 Å². The van der Waals surface area contributed by atoms with E-state index in [-0.39, 0.29) is 0 Å². The number of ether oxygens (including phenoxy) is 2. The van der Waals surface area contributed by atoms with Crippen molar-refractivity contribution in [2.24, 2.45) is 23.7 Å².